The van der Waals surface area contributed by atoms with Crippen molar-refractivity contribution in [2.75, 3.05) is 12.4 Å². The normalized spacial score (nSPS) is 17.1. The molecule has 0 fully saturated rings. The fourth-order valence-corrected chi connectivity index (χ4v) is 4.12. The molecule has 2 aromatic rings. The van der Waals surface area contributed by atoms with Crippen LogP contribution >= 0.6 is 11.8 Å². The van der Waals surface area contributed by atoms with Crippen LogP contribution in [0.25, 0.3) is 0 Å². The molecular weight excluding hydrogens is 405 g/mol. The average Bonchev–Trinajstić information content (AvgIpc) is 2.67. The Morgan fingerprint density at radius 2 is 2.00 bits per heavy atom. The molecule has 0 bridgehead atoms. The monoisotopic (exact) mass is 424 g/mol. The number of amides is 2. The molecule has 5 nitrogen and oxygen atoms in total. The summed E-state index contributed by atoms with van der Waals surface area (Å²) in [5, 5.41) is 4.57. The van der Waals surface area contributed by atoms with Crippen molar-refractivity contribution in [1.82, 2.24) is 5.32 Å². The van der Waals surface area contributed by atoms with Gasteiger partial charge in [-0.05, 0) is 31.2 Å². The molecule has 1 aliphatic rings. The number of rotatable bonds is 5. The largest absolute Gasteiger partial charge is 0.496 e. The van der Waals surface area contributed by atoms with Gasteiger partial charge in [-0.25, -0.2) is 0 Å². The summed E-state index contributed by atoms with van der Waals surface area (Å²) >= 11 is 1.08. The van der Waals surface area contributed by atoms with Gasteiger partial charge in [-0.3, -0.25) is 9.59 Å². The van der Waals surface area contributed by atoms with Crippen LogP contribution in [0, 0.1) is 0 Å². The maximum absolute atomic E-state index is 12.8. The molecule has 0 spiro atoms. The molecule has 154 valence electrons. The molecule has 1 aliphatic heterocycles. The number of carbonyl (C=O) groups is 2. The number of ether oxygens (including phenoxy) is 1. The van der Waals surface area contributed by atoms with Gasteiger partial charge in [-0.2, -0.15) is 13.2 Å². The number of para-hydroxylation sites is 1. The Labute approximate surface area is 170 Å². The van der Waals surface area contributed by atoms with E-state index in [2.05, 4.69) is 10.6 Å². The molecule has 2 N–H and O–H groups in total. The number of thioether (sulfide) groups is 1. The molecule has 2 aromatic carbocycles. The van der Waals surface area contributed by atoms with Crippen LogP contribution < -0.4 is 15.4 Å². The molecule has 0 saturated carbocycles. The second-order valence-corrected chi connectivity index (χ2v) is 7.78. The summed E-state index contributed by atoms with van der Waals surface area (Å²) < 4.78 is 43.8. The van der Waals surface area contributed by atoms with Gasteiger partial charge in [0.25, 0.3) is 0 Å². The van der Waals surface area contributed by atoms with E-state index in [0.717, 1.165) is 29.5 Å². The first-order valence-electron chi connectivity index (χ1n) is 8.80. The minimum atomic E-state index is -4.49. The van der Waals surface area contributed by atoms with Gasteiger partial charge in [-0.15, -0.1) is 11.8 Å². The van der Waals surface area contributed by atoms with Gasteiger partial charge in [-0.1, -0.05) is 18.2 Å². The Balaban J connectivity index is 1.66. The Kier molecular flexibility index (Phi) is 6.07. The maximum atomic E-state index is 12.8. The number of carbonyl (C=O) groups excluding carboxylic acids is 2. The maximum Gasteiger partial charge on any atom is 0.416 e. The fraction of sp³-hybridized carbons (Fsp3) is 0.300. The van der Waals surface area contributed by atoms with E-state index in [1.807, 2.05) is 18.2 Å². The summed E-state index contributed by atoms with van der Waals surface area (Å²) in [5.41, 5.74) is 0.0713. The molecule has 0 aromatic heterocycles. The van der Waals surface area contributed by atoms with Crippen LogP contribution in [0.4, 0.5) is 18.9 Å². The number of alkyl halides is 3. The second-order valence-electron chi connectivity index (χ2n) is 6.54. The standard InChI is InChI=1S/C20H19F3N2O3S/c1-11(13-5-3-4-6-15(13)28-2)24-18(26)10-17-19(27)25-14-9-12(20(21,22)23)7-8-16(14)29-17/h3-9,11,17H,10H2,1-2H3,(H,24,26)(H,25,27)/t11-,17-/m0/s1. The topological polar surface area (TPSA) is 67.4 Å². The van der Waals surface area contributed by atoms with Crippen molar-refractivity contribution in [3.8, 4) is 5.75 Å². The summed E-state index contributed by atoms with van der Waals surface area (Å²) in [4.78, 5) is 25.2. The van der Waals surface area contributed by atoms with E-state index in [0.29, 0.717) is 10.6 Å². The van der Waals surface area contributed by atoms with Crippen molar-refractivity contribution < 1.29 is 27.5 Å². The van der Waals surface area contributed by atoms with Crippen LogP contribution in [0.1, 0.15) is 30.5 Å². The highest BCUT2D eigenvalue weighted by Crippen LogP contribution is 2.40. The summed E-state index contributed by atoms with van der Waals surface area (Å²) in [5.74, 6) is -0.201. The number of halogens is 3. The van der Waals surface area contributed by atoms with Crippen molar-refractivity contribution in [2.45, 2.75) is 35.7 Å². The van der Waals surface area contributed by atoms with E-state index in [1.54, 1.807) is 13.0 Å². The number of hydrogen-bond donors (Lipinski definition) is 2. The van der Waals surface area contributed by atoms with Crippen molar-refractivity contribution in [1.29, 1.82) is 0 Å². The van der Waals surface area contributed by atoms with Crippen LogP contribution in [0.15, 0.2) is 47.4 Å². The summed E-state index contributed by atoms with van der Waals surface area (Å²) in [6.07, 6.45) is -4.59. The highest BCUT2D eigenvalue weighted by atomic mass is 32.2. The summed E-state index contributed by atoms with van der Waals surface area (Å²) in [7, 11) is 1.54. The second kappa shape index (κ2) is 8.36. The minimum absolute atomic E-state index is 0.101. The van der Waals surface area contributed by atoms with Crippen LogP contribution in [0.5, 0.6) is 5.75 Å². The van der Waals surface area contributed by atoms with Gasteiger partial charge < -0.3 is 15.4 Å². The SMILES string of the molecule is COc1ccccc1[C@H](C)NC(=O)C[C@@H]1Sc2ccc(C(F)(F)F)cc2NC1=O. The van der Waals surface area contributed by atoms with Gasteiger partial charge >= 0.3 is 6.18 Å². The molecule has 1 heterocycles. The number of hydrogen-bond acceptors (Lipinski definition) is 4. The van der Waals surface area contributed by atoms with E-state index in [-0.39, 0.29) is 24.1 Å². The Morgan fingerprint density at radius 3 is 2.69 bits per heavy atom. The van der Waals surface area contributed by atoms with Crippen molar-refractivity contribution in [3.05, 3.63) is 53.6 Å². The van der Waals surface area contributed by atoms with Crippen LogP contribution in [0.2, 0.25) is 0 Å². The molecular formula is C20H19F3N2O3S. The molecule has 0 unspecified atom stereocenters. The Bertz CT molecular complexity index is 933. The van der Waals surface area contributed by atoms with Crippen LogP contribution in [-0.4, -0.2) is 24.2 Å². The first kappa shape index (κ1) is 21.0. The third-order valence-corrected chi connectivity index (χ3v) is 5.76. The van der Waals surface area contributed by atoms with E-state index < -0.39 is 22.9 Å². The Morgan fingerprint density at radius 1 is 1.28 bits per heavy atom. The lowest BCUT2D eigenvalue weighted by Gasteiger charge is -2.25. The fourth-order valence-electron chi connectivity index (χ4n) is 3.03. The zero-order chi connectivity index (χ0) is 21.2. The highest BCUT2D eigenvalue weighted by Gasteiger charge is 2.34. The molecule has 0 saturated heterocycles. The van der Waals surface area contributed by atoms with E-state index in [1.165, 1.54) is 13.2 Å². The highest BCUT2D eigenvalue weighted by molar-refractivity contribution is 8.01. The molecule has 3 rings (SSSR count). The predicted molar refractivity (Wildman–Crippen MR) is 104 cm³/mol. The quantitative estimate of drug-likeness (QED) is 0.747. The number of methoxy groups -OCH3 is 1. The van der Waals surface area contributed by atoms with E-state index in [9.17, 15) is 22.8 Å². The number of nitrogens with one attached hydrogen (secondary N) is 2. The lowest BCUT2D eigenvalue weighted by molar-refractivity contribution is -0.137. The Hall–Kier alpha value is -2.68. The minimum Gasteiger partial charge on any atom is -0.496 e. The third-order valence-electron chi connectivity index (χ3n) is 4.48. The van der Waals surface area contributed by atoms with Crippen molar-refractivity contribution >= 4 is 29.3 Å². The van der Waals surface area contributed by atoms with Gasteiger partial charge in [0.15, 0.2) is 0 Å². The van der Waals surface area contributed by atoms with Crippen LogP contribution in [-0.2, 0) is 15.8 Å². The lowest BCUT2D eigenvalue weighted by atomic mass is 10.1. The number of fused-ring (bicyclic) bond motifs is 1. The lowest BCUT2D eigenvalue weighted by Crippen LogP contribution is -2.36. The van der Waals surface area contributed by atoms with E-state index in [4.69, 9.17) is 4.74 Å². The average molecular weight is 424 g/mol. The number of anilines is 1. The summed E-state index contributed by atoms with van der Waals surface area (Å²) in [6.45, 7) is 1.80. The van der Waals surface area contributed by atoms with Gasteiger partial charge in [0.05, 0.1) is 29.7 Å². The molecule has 2 amide bonds. The third kappa shape index (κ3) is 4.84. The van der Waals surface area contributed by atoms with Gasteiger partial charge in [0.1, 0.15) is 5.75 Å². The number of benzene rings is 2. The van der Waals surface area contributed by atoms with Gasteiger partial charge in [0.2, 0.25) is 11.8 Å². The van der Waals surface area contributed by atoms with Crippen molar-refractivity contribution in [2.24, 2.45) is 0 Å². The van der Waals surface area contributed by atoms with Crippen molar-refractivity contribution in [3.63, 3.8) is 0 Å². The summed E-state index contributed by atoms with van der Waals surface area (Å²) in [6, 6.07) is 10.1. The predicted octanol–water partition coefficient (Wildman–Crippen LogP) is 4.39. The molecule has 0 aliphatic carbocycles. The molecule has 2 atom stereocenters. The first-order chi connectivity index (χ1) is 13.7. The first-order valence-corrected chi connectivity index (χ1v) is 9.68. The van der Waals surface area contributed by atoms with Crippen LogP contribution in [0.3, 0.4) is 0 Å². The molecule has 9 heteroatoms. The smallest absolute Gasteiger partial charge is 0.416 e. The van der Waals surface area contributed by atoms with Gasteiger partial charge in [0, 0.05) is 16.9 Å². The van der Waals surface area contributed by atoms with E-state index >= 15 is 0 Å². The molecule has 0 radical (unpaired) electrons. The molecule has 29 heavy (non-hydrogen) atoms. The zero-order valence-corrected chi connectivity index (χ0v) is 16.5. The zero-order valence-electron chi connectivity index (χ0n) is 15.7.